The number of halogens is 1. The van der Waals surface area contributed by atoms with Gasteiger partial charge in [0.25, 0.3) is 0 Å². The first-order valence-electron chi connectivity index (χ1n) is 7.20. The number of rotatable bonds is 10. The molecule has 0 saturated heterocycles. The van der Waals surface area contributed by atoms with Crippen LogP contribution in [0.15, 0.2) is 18.2 Å². The fraction of sp³-hybridized carbons (Fsp3) is 0.500. The molecule has 5 heteroatoms. The summed E-state index contributed by atoms with van der Waals surface area (Å²) in [6.07, 6.45) is 4.28. The van der Waals surface area contributed by atoms with Crippen LogP contribution in [-0.2, 0) is 22.4 Å². The molecule has 0 saturated carbocycles. The van der Waals surface area contributed by atoms with Crippen molar-refractivity contribution < 1.29 is 24.2 Å². The Labute approximate surface area is 123 Å². The minimum absolute atomic E-state index is 0.128. The van der Waals surface area contributed by atoms with Crippen molar-refractivity contribution in [3.63, 3.8) is 0 Å². The molecule has 0 aliphatic carbocycles. The number of aliphatic carboxylic acids is 2. The standard InChI is InChI=1S/C16H21FO4/c17-14-10-9-12(5-1-3-7-15(18)19)13(11-14)6-2-4-8-16(20)21/h9-11H,1-8H2,(H,18,19)(H,20,21). The number of benzene rings is 1. The third-order valence-electron chi connectivity index (χ3n) is 3.34. The van der Waals surface area contributed by atoms with Crippen LogP contribution in [0.1, 0.15) is 49.7 Å². The van der Waals surface area contributed by atoms with E-state index in [1.54, 1.807) is 6.07 Å². The molecule has 21 heavy (non-hydrogen) atoms. The molecule has 0 fully saturated rings. The molecule has 2 N–H and O–H groups in total. The highest BCUT2D eigenvalue weighted by atomic mass is 19.1. The molecule has 0 bridgehead atoms. The van der Waals surface area contributed by atoms with E-state index in [1.165, 1.54) is 12.1 Å². The Kier molecular flexibility index (Phi) is 7.43. The normalized spacial score (nSPS) is 10.5. The number of carbonyl (C=O) groups is 2. The van der Waals surface area contributed by atoms with Gasteiger partial charge in [-0.05, 0) is 61.8 Å². The van der Waals surface area contributed by atoms with Crippen molar-refractivity contribution in [2.24, 2.45) is 0 Å². The molecule has 1 rings (SSSR count). The number of unbranched alkanes of at least 4 members (excludes halogenated alkanes) is 2. The molecule has 0 atom stereocenters. The van der Waals surface area contributed by atoms with Crippen molar-refractivity contribution >= 4 is 11.9 Å². The Hall–Kier alpha value is -1.91. The Morgan fingerprint density at radius 1 is 0.857 bits per heavy atom. The zero-order chi connectivity index (χ0) is 15.7. The van der Waals surface area contributed by atoms with Gasteiger partial charge in [-0.1, -0.05) is 6.07 Å². The van der Waals surface area contributed by atoms with Crippen LogP contribution in [-0.4, -0.2) is 22.2 Å². The summed E-state index contributed by atoms with van der Waals surface area (Å²) in [6, 6.07) is 4.64. The van der Waals surface area contributed by atoms with Gasteiger partial charge in [0.1, 0.15) is 5.82 Å². The molecule has 0 aromatic heterocycles. The lowest BCUT2D eigenvalue weighted by Gasteiger charge is -2.09. The topological polar surface area (TPSA) is 74.6 Å². The lowest BCUT2D eigenvalue weighted by molar-refractivity contribution is -0.138. The highest BCUT2D eigenvalue weighted by Crippen LogP contribution is 2.17. The molecule has 0 heterocycles. The van der Waals surface area contributed by atoms with Gasteiger partial charge < -0.3 is 10.2 Å². The second-order valence-electron chi connectivity index (χ2n) is 5.11. The van der Waals surface area contributed by atoms with E-state index in [4.69, 9.17) is 10.2 Å². The minimum atomic E-state index is -0.817. The van der Waals surface area contributed by atoms with Gasteiger partial charge in [-0.25, -0.2) is 4.39 Å². The third kappa shape index (κ3) is 7.44. The minimum Gasteiger partial charge on any atom is -0.481 e. The van der Waals surface area contributed by atoms with Gasteiger partial charge in [0.2, 0.25) is 0 Å². The number of carboxylic acid groups (broad SMARTS) is 2. The van der Waals surface area contributed by atoms with Crippen LogP contribution in [0.5, 0.6) is 0 Å². The molecule has 116 valence electrons. The maximum Gasteiger partial charge on any atom is 0.303 e. The second-order valence-corrected chi connectivity index (χ2v) is 5.11. The fourth-order valence-corrected chi connectivity index (χ4v) is 2.25. The van der Waals surface area contributed by atoms with Gasteiger partial charge in [0, 0.05) is 12.8 Å². The van der Waals surface area contributed by atoms with Crippen LogP contribution in [0.2, 0.25) is 0 Å². The molecule has 0 radical (unpaired) electrons. The van der Waals surface area contributed by atoms with Crippen LogP contribution in [0.3, 0.4) is 0 Å². The third-order valence-corrected chi connectivity index (χ3v) is 3.34. The maximum atomic E-state index is 13.3. The van der Waals surface area contributed by atoms with Crippen LogP contribution < -0.4 is 0 Å². The van der Waals surface area contributed by atoms with Gasteiger partial charge in [0.15, 0.2) is 0 Å². The first-order valence-corrected chi connectivity index (χ1v) is 7.20. The van der Waals surface area contributed by atoms with Crippen molar-refractivity contribution in [3.8, 4) is 0 Å². The Morgan fingerprint density at radius 2 is 1.38 bits per heavy atom. The number of hydrogen-bond donors (Lipinski definition) is 2. The van der Waals surface area contributed by atoms with E-state index in [2.05, 4.69) is 0 Å². The van der Waals surface area contributed by atoms with Crippen molar-refractivity contribution in [2.75, 3.05) is 0 Å². The molecule has 0 aliphatic heterocycles. The van der Waals surface area contributed by atoms with Gasteiger partial charge in [0.05, 0.1) is 0 Å². The van der Waals surface area contributed by atoms with E-state index in [9.17, 15) is 14.0 Å². The monoisotopic (exact) mass is 296 g/mol. The van der Waals surface area contributed by atoms with Crippen LogP contribution >= 0.6 is 0 Å². The Bertz CT molecular complexity index is 485. The lowest BCUT2D eigenvalue weighted by atomic mass is 9.97. The maximum absolute atomic E-state index is 13.3. The zero-order valence-corrected chi connectivity index (χ0v) is 12.0. The smallest absolute Gasteiger partial charge is 0.303 e. The molecule has 1 aromatic rings. The summed E-state index contributed by atoms with van der Waals surface area (Å²) in [5.41, 5.74) is 1.92. The molecule has 0 unspecified atom stereocenters. The van der Waals surface area contributed by atoms with Crippen LogP contribution in [0.25, 0.3) is 0 Å². The summed E-state index contributed by atoms with van der Waals surface area (Å²) in [4.78, 5) is 20.9. The Balaban J connectivity index is 2.49. The summed E-state index contributed by atoms with van der Waals surface area (Å²) in [7, 11) is 0. The van der Waals surface area contributed by atoms with E-state index >= 15 is 0 Å². The number of hydrogen-bond acceptors (Lipinski definition) is 2. The molecule has 0 aliphatic rings. The van der Waals surface area contributed by atoms with E-state index in [-0.39, 0.29) is 18.7 Å². The molecular weight excluding hydrogens is 275 g/mol. The van der Waals surface area contributed by atoms with Crippen molar-refractivity contribution in [1.29, 1.82) is 0 Å². The average molecular weight is 296 g/mol. The molecule has 0 amide bonds. The predicted octanol–water partition coefficient (Wildman–Crippen LogP) is 3.42. The first kappa shape index (κ1) is 17.1. The van der Waals surface area contributed by atoms with E-state index < -0.39 is 11.9 Å². The van der Waals surface area contributed by atoms with Crippen molar-refractivity contribution in [1.82, 2.24) is 0 Å². The van der Waals surface area contributed by atoms with Gasteiger partial charge in [-0.3, -0.25) is 9.59 Å². The summed E-state index contributed by atoms with van der Waals surface area (Å²) >= 11 is 0. The largest absolute Gasteiger partial charge is 0.481 e. The van der Waals surface area contributed by atoms with Crippen molar-refractivity contribution in [2.45, 2.75) is 51.4 Å². The lowest BCUT2D eigenvalue weighted by Crippen LogP contribution is -2.00. The highest BCUT2D eigenvalue weighted by Gasteiger charge is 2.06. The molecular formula is C16H21FO4. The quantitative estimate of drug-likeness (QED) is 0.649. The predicted molar refractivity (Wildman–Crippen MR) is 76.8 cm³/mol. The number of carboxylic acids is 2. The van der Waals surface area contributed by atoms with E-state index in [0.717, 1.165) is 24.0 Å². The SMILES string of the molecule is O=C(O)CCCCc1ccc(F)cc1CCCCC(=O)O. The van der Waals surface area contributed by atoms with E-state index in [1.807, 2.05) is 0 Å². The fourth-order valence-electron chi connectivity index (χ4n) is 2.25. The van der Waals surface area contributed by atoms with Gasteiger partial charge in [-0.15, -0.1) is 0 Å². The first-order chi connectivity index (χ1) is 9.99. The number of aryl methyl sites for hydroxylation is 2. The van der Waals surface area contributed by atoms with E-state index in [0.29, 0.717) is 25.7 Å². The summed E-state index contributed by atoms with van der Waals surface area (Å²) < 4.78 is 13.3. The summed E-state index contributed by atoms with van der Waals surface area (Å²) in [6.45, 7) is 0. The van der Waals surface area contributed by atoms with Gasteiger partial charge in [-0.2, -0.15) is 0 Å². The Morgan fingerprint density at radius 3 is 1.90 bits per heavy atom. The summed E-state index contributed by atoms with van der Waals surface area (Å²) in [5, 5.41) is 17.2. The van der Waals surface area contributed by atoms with Crippen LogP contribution in [0.4, 0.5) is 4.39 Å². The van der Waals surface area contributed by atoms with Crippen molar-refractivity contribution in [3.05, 3.63) is 35.1 Å². The highest BCUT2D eigenvalue weighted by molar-refractivity contribution is 5.66. The summed E-state index contributed by atoms with van der Waals surface area (Å²) in [5.74, 6) is -1.91. The molecule has 4 nitrogen and oxygen atoms in total. The molecule has 1 aromatic carbocycles. The van der Waals surface area contributed by atoms with Crippen LogP contribution in [0, 0.1) is 5.82 Å². The average Bonchev–Trinajstić information content (AvgIpc) is 2.41. The zero-order valence-electron chi connectivity index (χ0n) is 12.0. The molecule has 0 spiro atoms. The van der Waals surface area contributed by atoms with Gasteiger partial charge >= 0.3 is 11.9 Å². The second kappa shape index (κ2) is 9.10.